The van der Waals surface area contributed by atoms with Crippen molar-refractivity contribution in [2.45, 2.75) is 0 Å². The second-order valence-corrected chi connectivity index (χ2v) is 12.3. The first kappa shape index (κ1) is 28.8. The van der Waals surface area contributed by atoms with E-state index in [4.69, 9.17) is 0 Å². The summed E-state index contributed by atoms with van der Waals surface area (Å²) in [6.45, 7) is 0. The molecule has 0 unspecified atom stereocenters. The van der Waals surface area contributed by atoms with E-state index >= 15 is 0 Å². The van der Waals surface area contributed by atoms with Gasteiger partial charge in [0.1, 0.15) is 6.07 Å². The standard InChI is InChI=1S/C45H25N5/c46-26-29-13-21-43(49-40-10-4-1-7-35(40)36-8-2-5-11-41(36)49)38(23-29)32-17-15-31(16-18-32)33-19-20-34(28-48)45(25-33)50-42-12-6-3-9-37(42)39-24-30(27-47)14-22-44(39)50/h1-25H. The Morgan fingerprint density at radius 1 is 0.360 bits per heavy atom. The molecule has 9 rings (SSSR count). The van der Waals surface area contributed by atoms with Crippen molar-refractivity contribution in [1.29, 1.82) is 15.8 Å². The molecule has 0 radical (unpaired) electrons. The zero-order valence-electron chi connectivity index (χ0n) is 26.7. The van der Waals surface area contributed by atoms with E-state index in [-0.39, 0.29) is 0 Å². The maximum atomic E-state index is 10.2. The number of fused-ring (bicyclic) bond motifs is 6. The number of para-hydroxylation sites is 3. The molecule has 0 saturated heterocycles. The van der Waals surface area contributed by atoms with E-state index in [1.54, 1.807) is 0 Å². The zero-order valence-corrected chi connectivity index (χ0v) is 26.7. The van der Waals surface area contributed by atoms with Gasteiger partial charge in [0.2, 0.25) is 0 Å². The van der Waals surface area contributed by atoms with Crippen molar-refractivity contribution in [1.82, 2.24) is 9.13 Å². The van der Waals surface area contributed by atoms with E-state index in [9.17, 15) is 15.8 Å². The maximum Gasteiger partial charge on any atom is 0.101 e. The first-order valence-electron chi connectivity index (χ1n) is 16.3. The van der Waals surface area contributed by atoms with Crippen molar-refractivity contribution < 1.29 is 0 Å². The number of hydrogen-bond donors (Lipinski definition) is 0. The molecule has 0 N–H and O–H groups in total. The van der Waals surface area contributed by atoms with E-state index < -0.39 is 0 Å². The maximum absolute atomic E-state index is 10.2. The molecule has 2 aromatic heterocycles. The lowest BCUT2D eigenvalue weighted by molar-refractivity contribution is 1.17. The molecule has 0 amide bonds. The van der Waals surface area contributed by atoms with Gasteiger partial charge in [0.15, 0.2) is 0 Å². The van der Waals surface area contributed by atoms with Crippen molar-refractivity contribution in [3.63, 3.8) is 0 Å². The number of hydrogen-bond acceptors (Lipinski definition) is 3. The molecule has 5 nitrogen and oxygen atoms in total. The molecule has 50 heavy (non-hydrogen) atoms. The smallest absolute Gasteiger partial charge is 0.101 e. The Bertz CT molecular complexity index is 2900. The highest BCUT2D eigenvalue weighted by molar-refractivity contribution is 6.11. The molecule has 0 atom stereocenters. The van der Waals surface area contributed by atoms with Crippen LogP contribution < -0.4 is 0 Å². The molecule has 9 aromatic rings. The number of nitriles is 3. The fraction of sp³-hybridized carbons (Fsp3) is 0. The van der Waals surface area contributed by atoms with Gasteiger partial charge in [-0.1, -0.05) is 84.9 Å². The van der Waals surface area contributed by atoms with Gasteiger partial charge in [-0.3, -0.25) is 0 Å². The first-order valence-corrected chi connectivity index (χ1v) is 16.3. The summed E-state index contributed by atoms with van der Waals surface area (Å²) in [4.78, 5) is 0. The highest BCUT2D eigenvalue weighted by Gasteiger charge is 2.18. The molecule has 2 heterocycles. The normalized spacial score (nSPS) is 11.1. The Hall–Kier alpha value is -7.39. The van der Waals surface area contributed by atoms with Gasteiger partial charge < -0.3 is 9.13 Å². The Kier molecular flexibility index (Phi) is 6.56. The Balaban J connectivity index is 1.19. The topological polar surface area (TPSA) is 81.2 Å². The third-order valence-corrected chi connectivity index (χ3v) is 9.64. The second-order valence-electron chi connectivity index (χ2n) is 12.3. The molecule has 0 aliphatic rings. The third-order valence-electron chi connectivity index (χ3n) is 9.64. The van der Waals surface area contributed by atoms with E-state index in [1.165, 1.54) is 10.8 Å². The van der Waals surface area contributed by atoms with Crippen LogP contribution in [0.5, 0.6) is 0 Å². The first-order chi connectivity index (χ1) is 24.7. The molecule has 0 spiro atoms. The van der Waals surface area contributed by atoms with Gasteiger partial charge >= 0.3 is 0 Å². The molecule has 0 aliphatic carbocycles. The Morgan fingerprint density at radius 3 is 1.48 bits per heavy atom. The lowest BCUT2D eigenvalue weighted by Gasteiger charge is -2.15. The van der Waals surface area contributed by atoms with Crippen LogP contribution in [0.2, 0.25) is 0 Å². The Labute approximate surface area is 287 Å². The fourth-order valence-corrected chi connectivity index (χ4v) is 7.35. The lowest BCUT2D eigenvalue weighted by atomic mass is 9.97. The van der Waals surface area contributed by atoms with Gasteiger partial charge in [-0.2, -0.15) is 15.8 Å². The highest BCUT2D eigenvalue weighted by atomic mass is 15.0. The van der Waals surface area contributed by atoms with Crippen LogP contribution >= 0.6 is 0 Å². The van der Waals surface area contributed by atoms with Gasteiger partial charge in [-0.15, -0.1) is 0 Å². The zero-order chi connectivity index (χ0) is 33.8. The minimum atomic E-state index is 0.557. The van der Waals surface area contributed by atoms with Gasteiger partial charge in [0.05, 0.1) is 62.3 Å². The van der Waals surface area contributed by atoms with E-state index in [2.05, 4.69) is 112 Å². The van der Waals surface area contributed by atoms with Crippen LogP contribution in [0.15, 0.2) is 152 Å². The summed E-state index contributed by atoms with van der Waals surface area (Å²) >= 11 is 0. The lowest BCUT2D eigenvalue weighted by Crippen LogP contribution is -1.99. The summed E-state index contributed by atoms with van der Waals surface area (Å²) < 4.78 is 4.40. The number of benzene rings is 7. The summed E-state index contributed by atoms with van der Waals surface area (Å²) in [5.74, 6) is 0. The summed E-state index contributed by atoms with van der Waals surface area (Å²) in [5, 5.41) is 34.0. The van der Waals surface area contributed by atoms with Crippen molar-refractivity contribution in [3.8, 4) is 51.8 Å². The van der Waals surface area contributed by atoms with Crippen LogP contribution in [0.1, 0.15) is 16.7 Å². The molecule has 0 fully saturated rings. The molecule has 0 bridgehead atoms. The van der Waals surface area contributed by atoms with Gasteiger partial charge in [0.25, 0.3) is 0 Å². The van der Waals surface area contributed by atoms with Crippen molar-refractivity contribution in [2.75, 3.05) is 0 Å². The fourth-order valence-electron chi connectivity index (χ4n) is 7.35. The predicted octanol–water partition coefficient (Wildman–Crippen LogP) is 10.8. The highest BCUT2D eigenvalue weighted by Crippen LogP contribution is 2.38. The molecule has 230 valence electrons. The van der Waals surface area contributed by atoms with E-state index in [0.29, 0.717) is 16.7 Å². The van der Waals surface area contributed by atoms with Crippen LogP contribution in [0.3, 0.4) is 0 Å². The van der Waals surface area contributed by atoms with Crippen molar-refractivity contribution in [2.24, 2.45) is 0 Å². The number of aromatic nitrogens is 2. The van der Waals surface area contributed by atoms with E-state index in [1.807, 2.05) is 66.7 Å². The van der Waals surface area contributed by atoms with Crippen LogP contribution in [-0.2, 0) is 0 Å². The van der Waals surface area contributed by atoms with Gasteiger partial charge in [0, 0.05) is 27.1 Å². The molecule has 7 aromatic carbocycles. The van der Waals surface area contributed by atoms with E-state index in [0.717, 1.165) is 66.5 Å². The Morgan fingerprint density at radius 2 is 0.860 bits per heavy atom. The van der Waals surface area contributed by atoms with Crippen LogP contribution in [0.4, 0.5) is 0 Å². The molecule has 0 saturated carbocycles. The predicted molar refractivity (Wildman–Crippen MR) is 200 cm³/mol. The second kappa shape index (κ2) is 11.4. The monoisotopic (exact) mass is 635 g/mol. The quantitative estimate of drug-likeness (QED) is 0.193. The minimum absolute atomic E-state index is 0.557. The molecule has 0 aliphatic heterocycles. The summed E-state index contributed by atoms with van der Waals surface area (Å²) in [6.07, 6.45) is 0. The van der Waals surface area contributed by atoms with Crippen LogP contribution in [-0.4, -0.2) is 9.13 Å². The van der Waals surface area contributed by atoms with Crippen molar-refractivity contribution in [3.05, 3.63) is 168 Å². The van der Waals surface area contributed by atoms with Gasteiger partial charge in [-0.05, 0) is 83.4 Å². The third kappa shape index (κ3) is 4.38. The number of rotatable bonds is 4. The van der Waals surface area contributed by atoms with Crippen LogP contribution in [0.25, 0.3) is 77.2 Å². The van der Waals surface area contributed by atoms with Gasteiger partial charge in [-0.25, -0.2) is 0 Å². The van der Waals surface area contributed by atoms with Crippen LogP contribution in [0, 0.1) is 34.0 Å². The SMILES string of the molecule is N#Cc1ccc(-n2c3ccccc3c3ccccc32)c(-c2ccc(-c3ccc(C#N)c(-n4c5ccccc5c5cc(C#N)ccc54)c3)cc2)c1. The van der Waals surface area contributed by atoms with Crippen molar-refractivity contribution >= 4 is 43.6 Å². The average Bonchev–Trinajstić information content (AvgIpc) is 3.70. The molecule has 5 heteroatoms. The molecular formula is C45H25N5. The molecular weight excluding hydrogens is 611 g/mol. The minimum Gasteiger partial charge on any atom is -0.309 e. The largest absolute Gasteiger partial charge is 0.309 e. The summed E-state index contributed by atoms with van der Waals surface area (Å²) in [7, 11) is 0. The summed E-state index contributed by atoms with van der Waals surface area (Å²) in [6, 6.07) is 57.8. The average molecular weight is 636 g/mol. The number of nitrogens with zero attached hydrogens (tertiary/aromatic N) is 5. The summed E-state index contributed by atoms with van der Waals surface area (Å²) in [5.41, 5.74) is 11.6.